The van der Waals surface area contributed by atoms with E-state index in [-0.39, 0.29) is 0 Å². The van der Waals surface area contributed by atoms with Gasteiger partial charge >= 0.3 is 0 Å². The summed E-state index contributed by atoms with van der Waals surface area (Å²) in [6, 6.07) is 5.09. The molecule has 1 heterocycles. The fourth-order valence-corrected chi connectivity index (χ4v) is 3.93. The lowest BCUT2D eigenvalue weighted by molar-refractivity contribution is 0.338. The van der Waals surface area contributed by atoms with Gasteiger partial charge in [-0.1, -0.05) is 18.9 Å². The number of aryl methyl sites for hydroxylation is 1. The Bertz CT molecular complexity index is 402. The summed E-state index contributed by atoms with van der Waals surface area (Å²) in [7, 11) is 2.12. The molecule has 2 aliphatic rings. The summed E-state index contributed by atoms with van der Waals surface area (Å²) >= 11 is 0. The molecular weight excluding hydrogens is 220 g/mol. The van der Waals surface area contributed by atoms with Crippen LogP contribution in [0.3, 0.4) is 0 Å². The summed E-state index contributed by atoms with van der Waals surface area (Å²) in [5.74, 6) is 1.58. The second-order valence-electron chi connectivity index (χ2n) is 5.96. The summed E-state index contributed by atoms with van der Waals surface area (Å²) in [4.78, 5) is 4.68. The van der Waals surface area contributed by atoms with Crippen molar-refractivity contribution in [2.75, 3.05) is 7.05 Å². The SMILES string of the molecule is CNC1CCCCC(C2CCc3cccnc32)C1. The van der Waals surface area contributed by atoms with Gasteiger partial charge in [0.05, 0.1) is 0 Å². The van der Waals surface area contributed by atoms with Crippen LogP contribution in [-0.4, -0.2) is 18.1 Å². The maximum Gasteiger partial charge on any atom is 0.0469 e. The van der Waals surface area contributed by atoms with E-state index >= 15 is 0 Å². The number of fused-ring (bicyclic) bond motifs is 1. The third-order valence-corrected chi connectivity index (χ3v) is 4.94. The molecule has 1 aromatic rings. The highest BCUT2D eigenvalue weighted by Crippen LogP contribution is 2.42. The first-order valence-electron chi connectivity index (χ1n) is 7.49. The van der Waals surface area contributed by atoms with Gasteiger partial charge in [0, 0.05) is 23.9 Å². The van der Waals surface area contributed by atoms with E-state index in [9.17, 15) is 0 Å². The fraction of sp³-hybridized carbons (Fsp3) is 0.688. The molecule has 3 atom stereocenters. The Morgan fingerprint density at radius 1 is 1.22 bits per heavy atom. The minimum atomic E-state index is 0.727. The lowest BCUT2D eigenvalue weighted by Gasteiger charge is -2.25. The molecule has 1 fully saturated rings. The number of hydrogen-bond acceptors (Lipinski definition) is 2. The second-order valence-corrected chi connectivity index (χ2v) is 5.96. The van der Waals surface area contributed by atoms with Gasteiger partial charge in [0.15, 0.2) is 0 Å². The minimum absolute atomic E-state index is 0.727. The van der Waals surface area contributed by atoms with Crippen molar-refractivity contribution >= 4 is 0 Å². The van der Waals surface area contributed by atoms with Crippen molar-refractivity contribution in [3.05, 3.63) is 29.6 Å². The van der Waals surface area contributed by atoms with E-state index in [1.165, 1.54) is 56.2 Å². The second kappa shape index (κ2) is 5.40. The topological polar surface area (TPSA) is 24.9 Å². The predicted octanol–water partition coefficient (Wildman–Crippen LogP) is 3.28. The average molecular weight is 244 g/mol. The first-order valence-corrected chi connectivity index (χ1v) is 7.49. The largest absolute Gasteiger partial charge is 0.317 e. The van der Waals surface area contributed by atoms with Crippen LogP contribution in [0.1, 0.15) is 55.7 Å². The third kappa shape index (κ3) is 2.31. The van der Waals surface area contributed by atoms with Gasteiger partial charge < -0.3 is 5.32 Å². The highest BCUT2D eigenvalue weighted by Gasteiger charge is 2.32. The van der Waals surface area contributed by atoms with Gasteiger partial charge in [-0.15, -0.1) is 0 Å². The van der Waals surface area contributed by atoms with Crippen molar-refractivity contribution in [3.63, 3.8) is 0 Å². The van der Waals surface area contributed by atoms with E-state index in [2.05, 4.69) is 29.5 Å². The normalized spacial score (nSPS) is 31.9. The highest BCUT2D eigenvalue weighted by atomic mass is 14.9. The van der Waals surface area contributed by atoms with Crippen molar-refractivity contribution in [1.82, 2.24) is 10.3 Å². The van der Waals surface area contributed by atoms with E-state index in [0.29, 0.717) is 0 Å². The lowest BCUT2D eigenvalue weighted by Crippen LogP contribution is -2.28. The minimum Gasteiger partial charge on any atom is -0.317 e. The molecule has 3 unspecified atom stereocenters. The first kappa shape index (κ1) is 12.2. The van der Waals surface area contributed by atoms with E-state index in [1.54, 1.807) is 0 Å². The maximum absolute atomic E-state index is 4.68. The van der Waals surface area contributed by atoms with E-state index in [1.807, 2.05) is 6.20 Å². The summed E-state index contributed by atoms with van der Waals surface area (Å²) in [5, 5.41) is 3.50. The Balaban J connectivity index is 1.78. The summed E-state index contributed by atoms with van der Waals surface area (Å²) in [6.07, 6.45) is 11.4. The van der Waals surface area contributed by atoms with Crippen LogP contribution in [0.2, 0.25) is 0 Å². The molecule has 0 spiro atoms. The molecule has 2 heteroatoms. The van der Waals surface area contributed by atoms with Gasteiger partial charge in [-0.05, 0) is 56.7 Å². The molecule has 0 saturated heterocycles. The number of nitrogens with zero attached hydrogens (tertiary/aromatic N) is 1. The van der Waals surface area contributed by atoms with Gasteiger partial charge in [0.2, 0.25) is 0 Å². The zero-order valence-corrected chi connectivity index (χ0v) is 11.4. The molecule has 0 radical (unpaired) electrons. The quantitative estimate of drug-likeness (QED) is 0.808. The standard InChI is InChI=1S/C16H24N2/c1-17-14-7-3-2-5-13(11-14)15-9-8-12-6-4-10-18-16(12)15/h4,6,10,13-15,17H,2-3,5,7-9,11H2,1H3. The van der Waals surface area contributed by atoms with Crippen LogP contribution in [0.5, 0.6) is 0 Å². The maximum atomic E-state index is 4.68. The lowest BCUT2D eigenvalue weighted by atomic mass is 9.83. The molecule has 0 amide bonds. The van der Waals surface area contributed by atoms with Crippen molar-refractivity contribution in [2.45, 2.75) is 56.9 Å². The van der Waals surface area contributed by atoms with Gasteiger partial charge in [-0.25, -0.2) is 0 Å². The molecule has 2 nitrogen and oxygen atoms in total. The van der Waals surface area contributed by atoms with Crippen molar-refractivity contribution in [2.24, 2.45) is 5.92 Å². The van der Waals surface area contributed by atoms with Crippen LogP contribution in [0.4, 0.5) is 0 Å². The van der Waals surface area contributed by atoms with E-state index in [0.717, 1.165) is 17.9 Å². The van der Waals surface area contributed by atoms with Crippen LogP contribution >= 0.6 is 0 Å². The molecule has 1 saturated carbocycles. The van der Waals surface area contributed by atoms with Crippen molar-refractivity contribution < 1.29 is 0 Å². The van der Waals surface area contributed by atoms with Crippen molar-refractivity contribution in [3.8, 4) is 0 Å². The van der Waals surface area contributed by atoms with Crippen LogP contribution in [-0.2, 0) is 6.42 Å². The predicted molar refractivity (Wildman–Crippen MR) is 74.7 cm³/mol. The number of aromatic nitrogens is 1. The number of nitrogens with one attached hydrogen (secondary N) is 1. The summed E-state index contributed by atoms with van der Waals surface area (Å²) < 4.78 is 0. The Labute approximate surface area is 110 Å². The van der Waals surface area contributed by atoms with Crippen LogP contribution in [0.25, 0.3) is 0 Å². The highest BCUT2D eigenvalue weighted by molar-refractivity contribution is 5.29. The molecule has 1 N–H and O–H groups in total. The van der Waals surface area contributed by atoms with E-state index in [4.69, 9.17) is 0 Å². The molecule has 1 aromatic heterocycles. The Morgan fingerprint density at radius 2 is 2.11 bits per heavy atom. The molecule has 18 heavy (non-hydrogen) atoms. The zero-order valence-electron chi connectivity index (χ0n) is 11.4. The Morgan fingerprint density at radius 3 is 3.00 bits per heavy atom. The third-order valence-electron chi connectivity index (χ3n) is 4.94. The fourth-order valence-electron chi connectivity index (χ4n) is 3.93. The van der Waals surface area contributed by atoms with Gasteiger partial charge in [-0.2, -0.15) is 0 Å². The molecule has 3 rings (SSSR count). The molecule has 0 aliphatic heterocycles. The smallest absolute Gasteiger partial charge is 0.0469 e. The number of hydrogen-bond donors (Lipinski definition) is 1. The van der Waals surface area contributed by atoms with Crippen LogP contribution in [0, 0.1) is 5.92 Å². The van der Waals surface area contributed by atoms with Gasteiger partial charge in [0.25, 0.3) is 0 Å². The monoisotopic (exact) mass is 244 g/mol. The Hall–Kier alpha value is -0.890. The summed E-state index contributed by atoms with van der Waals surface area (Å²) in [6.45, 7) is 0. The van der Waals surface area contributed by atoms with Crippen LogP contribution in [0.15, 0.2) is 18.3 Å². The summed E-state index contributed by atoms with van der Waals surface area (Å²) in [5.41, 5.74) is 2.92. The molecule has 0 aromatic carbocycles. The average Bonchev–Trinajstić information content (AvgIpc) is 2.69. The van der Waals surface area contributed by atoms with Crippen molar-refractivity contribution in [1.29, 1.82) is 0 Å². The van der Waals surface area contributed by atoms with E-state index < -0.39 is 0 Å². The number of pyridine rings is 1. The Kier molecular flexibility index (Phi) is 3.64. The van der Waals surface area contributed by atoms with Crippen LogP contribution < -0.4 is 5.32 Å². The first-order chi connectivity index (χ1) is 8.88. The zero-order chi connectivity index (χ0) is 12.4. The number of rotatable bonds is 2. The molecule has 2 aliphatic carbocycles. The van der Waals surface area contributed by atoms with Gasteiger partial charge in [0.1, 0.15) is 0 Å². The molecule has 0 bridgehead atoms. The molecule has 98 valence electrons. The molecular formula is C16H24N2. The van der Waals surface area contributed by atoms with Gasteiger partial charge in [-0.3, -0.25) is 4.98 Å².